The highest BCUT2D eigenvalue weighted by Crippen LogP contribution is 2.34. The van der Waals surface area contributed by atoms with Crippen molar-refractivity contribution >= 4 is 32.7 Å². The Labute approximate surface area is 222 Å². The van der Waals surface area contributed by atoms with Gasteiger partial charge in [-0.3, -0.25) is 9.59 Å². The number of alkyl halides is 1. The molecule has 0 bridgehead atoms. The summed E-state index contributed by atoms with van der Waals surface area (Å²) >= 11 is 3.39. The molecular weight excluding hydrogens is 540 g/mol. The van der Waals surface area contributed by atoms with Gasteiger partial charge in [-0.25, -0.2) is 9.97 Å². The summed E-state index contributed by atoms with van der Waals surface area (Å²) in [5, 5.41) is 0.966. The third-order valence-corrected chi connectivity index (χ3v) is 6.10. The Hall–Kier alpha value is -3.92. The summed E-state index contributed by atoms with van der Waals surface area (Å²) < 4.78 is 16.7. The van der Waals surface area contributed by atoms with Crippen molar-refractivity contribution in [2.75, 3.05) is 40.3 Å². The number of rotatable bonds is 8. The molecule has 37 heavy (non-hydrogen) atoms. The van der Waals surface area contributed by atoms with Gasteiger partial charge in [0.25, 0.3) is 11.5 Å². The molecule has 0 aliphatic rings. The van der Waals surface area contributed by atoms with E-state index < -0.39 is 0 Å². The van der Waals surface area contributed by atoms with Gasteiger partial charge >= 0.3 is 0 Å². The van der Waals surface area contributed by atoms with Crippen LogP contribution in [0, 0.1) is 6.92 Å². The fourth-order valence-corrected chi connectivity index (χ4v) is 4.13. The average molecular weight is 567 g/mol. The van der Waals surface area contributed by atoms with E-state index in [0.717, 1.165) is 11.1 Å². The fourth-order valence-electron chi connectivity index (χ4n) is 3.97. The number of fused-ring (bicyclic) bond motifs is 1. The zero-order valence-corrected chi connectivity index (χ0v) is 22.8. The fraction of sp³-hybridized carbons (Fsp3) is 0.259. The monoisotopic (exact) mass is 566 g/mol. The van der Waals surface area contributed by atoms with Crippen LogP contribution in [0.1, 0.15) is 15.9 Å². The van der Waals surface area contributed by atoms with Gasteiger partial charge in [-0.2, -0.15) is 0 Å². The number of ether oxygens (including phenoxy) is 3. The number of aromatic amines is 1. The lowest BCUT2D eigenvalue weighted by molar-refractivity contribution is 0.0827. The van der Waals surface area contributed by atoms with Gasteiger partial charge in [0.05, 0.1) is 26.3 Å². The number of H-pyrrole nitrogens is 1. The smallest absolute Gasteiger partial charge is 0.262 e. The van der Waals surface area contributed by atoms with Gasteiger partial charge in [-0.1, -0.05) is 22.0 Å². The van der Waals surface area contributed by atoms with E-state index in [9.17, 15) is 9.59 Å². The van der Waals surface area contributed by atoms with Crippen LogP contribution in [-0.2, 0) is 0 Å². The van der Waals surface area contributed by atoms with Crippen molar-refractivity contribution in [3.05, 3.63) is 63.9 Å². The summed E-state index contributed by atoms with van der Waals surface area (Å²) in [6, 6.07) is 12.3. The molecule has 9 nitrogen and oxygen atoms in total. The second-order valence-corrected chi connectivity index (χ2v) is 9.24. The number of hydrogen-bond acceptors (Lipinski definition) is 7. The largest absolute Gasteiger partial charge is 0.497 e. The molecule has 10 heteroatoms. The molecular formula is C27H27BrN4O5. The number of aryl methyl sites for hydroxylation is 1. The SMILES string of the molecule is COc1cc(OC)c2c(=O)[nH]c(-c3ccc(OCCBr)c(-c4ccc(C(=O)N(C)C)cc4C)n3)nc2c1. The third-order valence-electron chi connectivity index (χ3n) is 5.77. The maximum Gasteiger partial charge on any atom is 0.262 e. The normalized spacial score (nSPS) is 10.9. The molecule has 0 unspecified atom stereocenters. The van der Waals surface area contributed by atoms with Crippen LogP contribution >= 0.6 is 15.9 Å². The summed E-state index contributed by atoms with van der Waals surface area (Å²) in [5.41, 5.74) is 3.32. The van der Waals surface area contributed by atoms with Crippen LogP contribution in [0.25, 0.3) is 33.7 Å². The van der Waals surface area contributed by atoms with Crippen molar-refractivity contribution < 1.29 is 19.0 Å². The predicted octanol–water partition coefficient (Wildman–Crippen LogP) is 4.45. The Morgan fingerprint density at radius 2 is 1.81 bits per heavy atom. The lowest BCUT2D eigenvalue weighted by Crippen LogP contribution is -2.21. The molecule has 1 amide bonds. The molecule has 0 atom stereocenters. The van der Waals surface area contributed by atoms with E-state index in [2.05, 4.69) is 25.9 Å². The van der Waals surface area contributed by atoms with E-state index in [4.69, 9.17) is 19.2 Å². The molecule has 0 spiro atoms. The van der Waals surface area contributed by atoms with Gasteiger partial charge in [0.15, 0.2) is 5.82 Å². The van der Waals surface area contributed by atoms with Crippen LogP contribution in [0.2, 0.25) is 0 Å². The number of carbonyl (C=O) groups excluding carboxylic acids is 1. The Kier molecular flexibility index (Phi) is 7.77. The first kappa shape index (κ1) is 26.2. The molecule has 2 aromatic heterocycles. The summed E-state index contributed by atoms with van der Waals surface area (Å²) in [7, 11) is 6.45. The molecule has 0 saturated heterocycles. The summed E-state index contributed by atoms with van der Waals surface area (Å²) in [6.07, 6.45) is 0. The molecule has 2 aromatic carbocycles. The zero-order chi connectivity index (χ0) is 26.7. The second kappa shape index (κ2) is 11.0. The van der Waals surface area contributed by atoms with E-state index in [1.54, 1.807) is 44.4 Å². The van der Waals surface area contributed by atoms with E-state index in [1.165, 1.54) is 19.1 Å². The first-order chi connectivity index (χ1) is 17.8. The molecule has 0 fully saturated rings. The van der Waals surface area contributed by atoms with Crippen LogP contribution in [0.4, 0.5) is 0 Å². The molecule has 0 aliphatic heterocycles. The van der Waals surface area contributed by atoms with Gasteiger partial charge in [-0.05, 0) is 36.8 Å². The molecule has 0 aliphatic carbocycles. The highest BCUT2D eigenvalue weighted by Gasteiger charge is 2.18. The number of benzene rings is 2. The van der Waals surface area contributed by atoms with Gasteiger partial charge in [-0.15, -0.1) is 0 Å². The molecule has 192 valence electrons. The molecule has 2 heterocycles. The lowest BCUT2D eigenvalue weighted by atomic mass is 10.0. The minimum absolute atomic E-state index is 0.0871. The minimum atomic E-state index is -0.356. The zero-order valence-electron chi connectivity index (χ0n) is 21.2. The number of hydrogen-bond donors (Lipinski definition) is 1. The number of nitrogens with zero attached hydrogens (tertiary/aromatic N) is 3. The first-order valence-electron chi connectivity index (χ1n) is 11.5. The first-order valence-corrected chi connectivity index (χ1v) is 12.6. The number of aromatic nitrogens is 3. The number of carbonyl (C=O) groups is 1. The van der Waals surface area contributed by atoms with Crippen molar-refractivity contribution in [2.45, 2.75) is 6.92 Å². The maximum atomic E-state index is 13.0. The van der Waals surface area contributed by atoms with Crippen LogP contribution < -0.4 is 19.8 Å². The van der Waals surface area contributed by atoms with E-state index >= 15 is 0 Å². The minimum Gasteiger partial charge on any atom is -0.497 e. The number of nitrogens with one attached hydrogen (secondary N) is 1. The van der Waals surface area contributed by atoms with Crippen molar-refractivity contribution in [2.24, 2.45) is 0 Å². The van der Waals surface area contributed by atoms with Crippen molar-refractivity contribution in [1.82, 2.24) is 19.9 Å². The highest BCUT2D eigenvalue weighted by atomic mass is 79.9. The van der Waals surface area contributed by atoms with E-state index in [-0.39, 0.29) is 17.3 Å². The topological polar surface area (TPSA) is 107 Å². The average Bonchev–Trinajstić information content (AvgIpc) is 2.90. The maximum absolute atomic E-state index is 13.0. The van der Waals surface area contributed by atoms with E-state index in [1.807, 2.05) is 19.1 Å². The molecule has 1 N–H and O–H groups in total. The van der Waals surface area contributed by atoms with Gasteiger partial charge in [0.2, 0.25) is 0 Å². The summed E-state index contributed by atoms with van der Waals surface area (Å²) in [5.74, 6) is 1.66. The molecule has 4 rings (SSSR count). The predicted molar refractivity (Wildman–Crippen MR) is 146 cm³/mol. The van der Waals surface area contributed by atoms with Gasteiger partial charge in [0, 0.05) is 42.7 Å². The van der Waals surface area contributed by atoms with Crippen LogP contribution in [0.15, 0.2) is 47.3 Å². The molecule has 0 saturated carbocycles. The Bertz CT molecular complexity index is 1530. The van der Waals surface area contributed by atoms with Crippen LogP contribution in [0.5, 0.6) is 17.2 Å². The molecule has 0 radical (unpaired) electrons. The quantitative estimate of drug-likeness (QED) is 0.314. The second-order valence-electron chi connectivity index (χ2n) is 8.45. The van der Waals surface area contributed by atoms with Crippen molar-refractivity contribution in [3.8, 4) is 40.0 Å². The standard InChI is InChI=1S/C27H27BrN4O5/c1-15-12-16(27(34)32(2)3)6-7-18(15)24-21(37-11-10-28)9-8-19(29-24)25-30-20-13-17(35-4)14-22(36-5)23(20)26(33)31-25/h6-9,12-14H,10-11H2,1-5H3,(H,30,31,33). The highest BCUT2D eigenvalue weighted by molar-refractivity contribution is 9.09. The van der Waals surface area contributed by atoms with Crippen molar-refractivity contribution in [3.63, 3.8) is 0 Å². The van der Waals surface area contributed by atoms with Crippen molar-refractivity contribution in [1.29, 1.82) is 0 Å². The summed E-state index contributed by atoms with van der Waals surface area (Å²) in [6.45, 7) is 2.36. The number of methoxy groups -OCH3 is 2. The van der Waals surface area contributed by atoms with Crippen LogP contribution in [-0.4, -0.2) is 66.0 Å². The molecule has 4 aromatic rings. The number of halogens is 1. The lowest BCUT2D eigenvalue weighted by Gasteiger charge is -2.16. The number of pyridine rings is 1. The van der Waals surface area contributed by atoms with Gasteiger partial charge < -0.3 is 24.1 Å². The Balaban J connectivity index is 1.88. The van der Waals surface area contributed by atoms with E-state index in [0.29, 0.717) is 57.0 Å². The van der Waals surface area contributed by atoms with Gasteiger partial charge in [0.1, 0.15) is 34.0 Å². The Morgan fingerprint density at radius 1 is 1.03 bits per heavy atom. The number of amides is 1. The third kappa shape index (κ3) is 5.29. The summed E-state index contributed by atoms with van der Waals surface area (Å²) in [4.78, 5) is 39.3. The van der Waals surface area contributed by atoms with Crippen LogP contribution in [0.3, 0.4) is 0 Å². The Morgan fingerprint density at radius 3 is 2.46 bits per heavy atom.